The van der Waals surface area contributed by atoms with Gasteiger partial charge in [0.2, 0.25) is 0 Å². The highest BCUT2D eigenvalue weighted by Crippen LogP contribution is 2.36. The Balaban J connectivity index is 2.93. The molecule has 0 amide bonds. The molecule has 0 aliphatic rings. The Kier molecular flexibility index (Phi) is 6.19. The van der Waals surface area contributed by atoms with Crippen molar-refractivity contribution in [2.24, 2.45) is 0 Å². The fourth-order valence-electron chi connectivity index (χ4n) is 1.38. The van der Waals surface area contributed by atoms with Crippen LogP contribution in [0.4, 0.5) is 5.69 Å². The van der Waals surface area contributed by atoms with Crippen LogP contribution >= 0.6 is 15.9 Å². The van der Waals surface area contributed by atoms with E-state index in [0.29, 0.717) is 13.2 Å². The van der Waals surface area contributed by atoms with E-state index in [0.717, 1.165) is 34.5 Å². The molecule has 1 N–H and O–H groups in total. The van der Waals surface area contributed by atoms with Crippen molar-refractivity contribution in [3.8, 4) is 11.5 Å². The molecule has 0 fully saturated rings. The minimum atomic E-state index is 0.702. The van der Waals surface area contributed by atoms with E-state index in [-0.39, 0.29) is 0 Å². The monoisotopic (exact) mass is 301 g/mol. The molecule has 0 saturated heterocycles. The van der Waals surface area contributed by atoms with Gasteiger partial charge in [-0.2, -0.15) is 0 Å². The molecule has 0 unspecified atom stereocenters. The van der Waals surface area contributed by atoms with E-state index < -0.39 is 0 Å². The number of nitrogens with one attached hydrogen (secondary N) is 1. The molecule has 0 aliphatic heterocycles. The molecule has 0 radical (unpaired) electrons. The third-order valence-corrected chi connectivity index (χ3v) is 2.88. The lowest BCUT2D eigenvalue weighted by molar-refractivity contribution is 0.268. The van der Waals surface area contributed by atoms with Gasteiger partial charge in [-0.15, -0.1) is 0 Å². The Morgan fingerprint density at radius 1 is 1.06 bits per heavy atom. The van der Waals surface area contributed by atoms with Gasteiger partial charge in [-0.3, -0.25) is 0 Å². The standard InChI is InChI=1S/C13H20BrNO2/c1-4-6-16-12-8-10(14)11(15-3)9-13(12)17-7-5-2/h8-9,15H,4-7H2,1-3H3. The van der Waals surface area contributed by atoms with Crippen LogP contribution in [0.25, 0.3) is 0 Å². The number of hydrogen-bond acceptors (Lipinski definition) is 3. The number of hydrogen-bond donors (Lipinski definition) is 1. The van der Waals surface area contributed by atoms with Crippen LogP contribution in [0.15, 0.2) is 16.6 Å². The fourth-order valence-corrected chi connectivity index (χ4v) is 1.90. The van der Waals surface area contributed by atoms with Gasteiger partial charge < -0.3 is 14.8 Å². The zero-order valence-corrected chi connectivity index (χ0v) is 12.3. The zero-order valence-electron chi connectivity index (χ0n) is 10.7. The van der Waals surface area contributed by atoms with Gasteiger partial charge in [0.1, 0.15) is 0 Å². The van der Waals surface area contributed by atoms with E-state index in [1.165, 1.54) is 0 Å². The van der Waals surface area contributed by atoms with Gasteiger partial charge >= 0.3 is 0 Å². The number of anilines is 1. The first-order valence-corrected chi connectivity index (χ1v) is 6.79. The van der Waals surface area contributed by atoms with Crippen LogP contribution in [-0.2, 0) is 0 Å². The molecule has 0 saturated carbocycles. The smallest absolute Gasteiger partial charge is 0.163 e. The number of benzene rings is 1. The molecule has 0 atom stereocenters. The van der Waals surface area contributed by atoms with E-state index >= 15 is 0 Å². The van der Waals surface area contributed by atoms with E-state index in [1.807, 2.05) is 19.2 Å². The summed E-state index contributed by atoms with van der Waals surface area (Å²) in [4.78, 5) is 0. The summed E-state index contributed by atoms with van der Waals surface area (Å²) in [7, 11) is 1.89. The molecule has 17 heavy (non-hydrogen) atoms. The van der Waals surface area contributed by atoms with Crippen LogP contribution in [0.3, 0.4) is 0 Å². The summed E-state index contributed by atoms with van der Waals surface area (Å²) >= 11 is 3.50. The molecular formula is C13H20BrNO2. The Labute approximate surface area is 112 Å². The Bertz CT molecular complexity index is 356. The van der Waals surface area contributed by atoms with Crippen molar-refractivity contribution >= 4 is 21.6 Å². The number of halogens is 1. The van der Waals surface area contributed by atoms with Crippen molar-refractivity contribution in [2.45, 2.75) is 26.7 Å². The summed E-state index contributed by atoms with van der Waals surface area (Å²) in [5.41, 5.74) is 1.000. The minimum absolute atomic E-state index is 0.702. The summed E-state index contributed by atoms with van der Waals surface area (Å²) in [5, 5.41) is 3.11. The molecule has 0 aliphatic carbocycles. The lowest BCUT2D eigenvalue weighted by atomic mass is 10.2. The van der Waals surface area contributed by atoms with Crippen molar-refractivity contribution < 1.29 is 9.47 Å². The van der Waals surface area contributed by atoms with Gasteiger partial charge in [-0.25, -0.2) is 0 Å². The average Bonchev–Trinajstić information content (AvgIpc) is 2.34. The maximum atomic E-state index is 5.70. The SMILES string of the molecule is CCCOc1cc(Br)c(NC)cc1OCCC. The Morgan fingerprint density at radius 3 is 2.06 bits per heavy atom. The molecule has 0 bridgehead atoms. The van der Waals surface area contributed by atoms with Gasteiger partial charge in [0, 0.05) is 23.7 Å². The highest BCUT2D eigenvalue weighted by atomic mass is 79.9. The predicted octanol–water partition coefficient (Wildman–Crippen LogP) is 4.07. The quantitative estimate of drug-likeness (QED) is 0.823. The third kappa shape index (κ3) is 4.11. The van der Waals surface area contributed by atoms with Crippen molar-refractivity contribution in [2.75, 3.05) is 25.6 Å². The topological polar surface area (TPSA) is 30.5 Å². The molecule has 96 valence electrons. The highest BCUT2D eigenvalue weighted by Gasteiger charge is 2.10. The third-order valence-electron chi connectivity index (χ3n) is 2.23. The molecule has 3 nitrogen and oxygen atoms in total. The second kappa shape index (κ2) is 7.43. The Hall–Kier alpha value is -0.900. The molecule has 0 spiro atoms. The lowest BCUT2D eigenvalue weighted by Gasteiger charge is -2.14. The Morgan fingerprint density at radius 2 is 1.59 bits per heavy atom. The predicted molar refractivity (Wildman–Crippen MR) is 75.3 cm³/mol. The minimum Gasteiger partial charge on any atom is -0.490 e. The van der Waals surface area contributed by atoms with Gasteiger partial charge in [-0.1, -0.05) is 13.8 Å². The molecule has 0 aromatic heterocycles. The summed E-state index contributed by atoms with van der Waals surface area (Å²) in [6, 6.07) is 3.91. The molecule has 1 aromatic carbocycles. The van der Waals surface area contributed by atoms with E-state index in [9.17, 15) is 0 Å². The first-order chi connectivity index (χ1) is 8.22. The van der Waals surface area contributed by atoms with Crippen LogP contribution in [0.2, 0.25) is 0 Å². The molecular weight excluding hydrogens is 282 g/mol. The summed E-state index contributed by atoms with van der Waals surface area (Å²) in [6.45, 7) is 5.58. The zero-order chi connectivity index (χ0) is 12.7. The summed E-state index contributed by atoms with van der Waals surface area (Å²) in [6.07, 6.45) is 1.97. The van der Waals surface area contributed by atoms with Crippen LogP contribution in [0.5, 0.6) is 11.5 Å². The maximum absolute atomic E-state index is 5.70. The van der Waals surface area contributed by atoms with Gasteiger partial charge in [0.15, 0.2) is 11.5 Å². The van der Waals surface area contributed by atoms with Crippen molar-refractivity contribution in [3.63, 3.8) is 0 Å². The fraction of sp³-hybridized carbons (Fsp3) is 0.538. The first-order valence-electron chi connectivity index (χ1n) is 5.99. The summed E-state index contributed by atoms with van der Waals surface area (Å²) < 4.78 is 12.4. The molecule has 1 aromatic rings. The van der Waals surface area contributed by atoms with Crippen molar-refractivity contribution in [3.05, 3.63) is 16.6 Å². The first kappa shape index (κ1) is 14.2. The molecule has 0 heterocycles. The van der Waals surface area contributed by atoms with Crippen LogP contribution in [0, 0.1) is 0 Å². The second-order valence-electron chi connectivity index (χ2n) is 3.73. The second-order valence-corrected chi connectivity index (χ2v) is 4.58. The largest absolute Gasteiger partial charge is 0.490 e. The van der Waals surface area contributed by atoms with E-state index in [2.05, 4.69) is 35.1 Å². The van der Waals surface area contributed by atoms with E-state index in [4.69, 9.17) is 9.47 Å². The van der Waals surface area contributed by atoms with Crippen LogP contribution < -0.4 is 14.8 Å². The lowest BCUT2D eigenvalue weighted by Crippen LogP contribution is -2.02. The number of ether oxygens (including phenoxy) is 2. The van der Waals surface area contributed by atoms with Gasteiger partial charge in [-0.05, 0) is 28.8 Å². The van der Waals surface area contributed by atoms with Gasteiger partial charge in [0.25, 0.3) is 0 Å². The summed E-state index contributed by atoms with van der Waals surface area (Å²) in [5.74, 6) is 1.60. The maximum Gasteiger partial charge on any atom is 0.163 e. The van der Waals surface area contributed by atoms with E-state index in [1.54, 1.807) is 0 Å². The van der Waals surface area contributed by atoms with Crippen molar-refractivity contribution in [1.29, 1.82) is 0 Å². The van der Waals surface area contributed by atoms with Crippen LogP contribution in [0.1, 0.15) is 26.7 Å². The normalized spacial score (nSPS) is 10.1. The highest BCUT2D eigenvalue weighted by molar-refractivity contribution is 9.10. The van der Waals surface area contributed by atoms with Gasteiger partial charge in [0.05, 0.1) is 18.9 Å². The molecule has 1 rings (SSSR count). The van der Waals surface area contributed by atoms with Crippen molar-refractivity contribution in [1.82, 2.24) is 0 Å². The number of rotatable bonds is 7. The average molecular weight is 302 g/mol. The van der Waals surface area contributed by atoms with Crippen LogP contribution in [-0.4, -0.2) is 20.3 Å². The molecule has 4 heteroatoms.